The molecule has 0 aromatic heterocycles. The van der Waals surface area contributed by atoms with E-state index < -0.39 is 0 Å². The molecule has 3 N–H and O–H groups in total. The Labute approximate surface area is 114 Å². The number of halogens is 1. The predicted molar refractivity (Wildman–Crippen MR) is 76.1 cm³/mol. The largest absolute Gasteiger partial charge is 0.396 e. The second kappa shape index (κ2) is 5.91. The van der Waals surface area contributed by atoms with Gasteiger partial charge >= 0.3 is 0 Å². The Hall–Kier alpha value is -0.770. The maximum atomic E-state index is 9.27. The highest BCUT2D eigenvalue weighted by atomic mass is 35.5. The molecular weight excluding hydrogens is 248 g/mol. The van der Waals surface area contributed by atoms with Crippen LogP contribution in [-0.4, -0.2) is 24.8 Å². The fourth-order valence-corrected chi connectivity index (χ4v) is 2.80. The van der Waals surface area contributed by atoms with Gasteiger partial charge in [-0.25, -0.2) is 0 Å². The fraction of sp³-hybridized carbons (Fsp3) is 0.571. The molecule has 0 aliphatic carbocycles. The lowest BCUT2D eigenvalue weighted by Crippen LogP contribution is -2.36. The highest BCUT2D eigenvalue weighted by Crippen LogP contribution is 2.31. The second-order valence-corrected chi connectivity index (χ2v) is 5.54. The minimum absolute atomic E-state index is 0.00287. The van der Waals surface area contributed by atoms with Gasteiger partial charge < -0.3 is 15.7 Å². The zero-order valence-corrected chi connectivity index (χ0v) is 11.5. The first-order valence-electron chi connectivity index (χ1n) is 6.52. The minimum atomic E-state index is 0.00287. The zero-order chi connectivity index (χ0) is 13.1. The summed E-state index contributed by atoms with van der Waals surface area (Å²) in [6.07, 6.45) is 2.21. The molecule has 0 spiro atoms. The Bertz CT molecular complexity index is 409. The molecule has 2 rings (SSSR count). The van der Waals surface area contributed by atoms with E-state index in [-0.39, 0.29) is 12.6 Å². The number of rotatable bonds is 3. The molecular formula is C14H21ClN2O. The van der Waals surface area contributed by atoms with Gasteiger partial charge in [0.15, 0.2) is 0 Å². The van der Waals surface area contributed by atoms with Crippen molar-refractivity contribution in [2.75, 3.05) is 24.6 Å². The van der Waals surface area contributed by atoms with Crippen molar-refractivity contribution in [2.24, 2.45) is 11.7 Å². The smallest absolute Gasteiger partial charge is 0.0642 e. The van der Waals surface area contributed by atoms with Crippen LogP contribution in [0.4, 0.5) is 5.69 Å². The summed E-state index contributed by atoms with van der Waals surface area (Å²) in [5.74, 6) is 0.364. The van der Waals surface area contributed by atoms with Gasteiger partial charge in [-0.05, 0) is 43.4 Å². The first kappa shape index (κ1) is 13.7. The summed E-state index contributed by atoms with van der Waals surface area (Å²) in [5.41, 5.74) is 7.96. The van der Waals surface area contributed by atoms with E-state index in [1.165, 1.54) is 0 Å². The van der Waals surface area contributed by atoms with Gasteiger partial charge in [0.1, 0.15) is 0 Å². The van der Waals surface area contributed by atoms with E-state index >= 15 is 0 Å². The minimum Gasteiger partial charge on any atom is -0.396 e. The normalized spacial score (nSPS) is 22.0. The van der Waals surface area contributed by atoms with Crippen LogP contribution in [0.2, 0.25) is 5.02 Å². The van der Waals surface area contributed by atoms with Crippen LogP contribution < -0.4 is 10.6 Å². The number of benzene rings is 1. The number of anilines is 1. The van der Waals surface area contributed by atoms with E-state index in [0.29, 0.717) is 5.92 Å². The van der Waals surface area contributed by atoms with Gasteiger partial charge in [-0.15, -0.1) is 0 Å². The molecule has 4 heteroatoms. The molecule has 1 heterocycles. The van der Waals surface area contributed by atoms with Crippen molar-refractivity contribution in [1.29, 1.82) is 0 Å². The SMILES string of the molecule is CC(N)c1ccc(N2CCCC(CO)C2)c(Cl)c1. The molecule has 1 aliphatic rings. The van der Waals surface area contributed by atoms with Crippen LogP contribution in [-0.2, 0) is 0 Å². The Morgan fingerprint density at radius 1 is 1.56 bits per heavy atom. The lowest BCUT2D eigenvalue weighted by molar-refractivity contribution is 0.209. The molecule has 2 atom stereocenters. The number of piperidine rings is 1. The van der Waals surface area contributed by atoms with Crippen molar-refractivity contribution in [3.8, 4) is 0 Å². The van der Waals surface area contributed by atoms with Crippen molar-refractivity contribution in [3.05, 3.63) is 28.8 Å². The van der Waals surface area contributed by atoms with E-state index in [4.69, 9.17) is 17.3 Å². The molecule has 100 valence electrons. The maximum Gasteiger partial charge on any atom is 0.0642 e. The zero-order valence-electron chi connectivity index (χ0n) is 10.8. The Kier molecular flexibility index (Phi) is 4.49. The second-order valence-electron chi connectivity index (χ2n) is 5.14. The van der Waals surface area contributed by atoms with Gasteiger partial charge in [-0.3, -0.25) is 0 Å². The molecule has 3 nitrogen and oxygen atoms in total. The quantitative estimate of drug-likeness (QED) is 0.886. The maximum absolute atomic E-state index is 9.27. The third-order valence-corrected chi connectivity index (χ3v) is 3.92. The van der Waals surface area contributed by atoms with E-state index in [2.05, 4.69) is 4.90 Å². The highest BCUT2D eigenvalue weighted by molar-refractivity contribution is 6.33. The summed E-state index contributed by atoms with van der Waals surface area (Å²) in [6, 6.07) is 6.03. The molecule has 1 aromatic carbocycles. The van der Waals surface area contributed by atoms with E-state index in [1.807, 2.05) is 25.1 Å². The van der Waals surface area contributed by atoms with Crippen molar-refractivity contribution < 1.29 is 5.11 Å². The first-order chi connectivity index (χ1) is 8.61. The van der Waals surface area contributed by atoms with Gasteiger partial charge in [-0.2, -0.15) is 0 Å². The van der Waals surface area contributed by atoms with E-state index in [1.54, 1.807) is 0 Å². The van der Waals surface area contributed by atoms with E-state index in [0.717, 1.165) is 42.2 Å². The Morgan fingerprint density at radius 2 is 2.33 bits per heavy atom. The van der Waals surface area contributed by atoms with Crippen LogP contribution in [0.25, 0.3) is 0 Å². The first-order valence-corrected chi connectivity index (χ1v) is 6.90. The van der Waals surface area contributed by atoms with Crippen LogP contribution in [0.5, 0.6) is 0 Å². The number of hydrogen-bond acceptors (Lipinski definition) is 3. The lowest BCUT2D eigenvalue weighted by atomic mass is 9.98. The molecule has 1 fully saturated rings. The summed E-state index contributed by atoms with van der Waals surface area (Å²) in [7, 11) is 0. The number of nitrogens with zero attached hydrogens (tertiary/aromatic N) is 1. The molecule has 0 saturated carbocycles. The number of aliphatic hydroxyl groups is 1. The number of nitrogens with two attached hydrogens (primary N) is 1. The van der Waals surface area contributed by atoms with Crippen LogP contribution in [0.3, 0.4) is 0 Å². The van der Waals surface area contributed by atoms with Crippen LogP contribution in [0, 0.1) is 5.92 Å². The fourth-order valence-electron chi connectivity index (χ4n) is 2.50. The predicted octanol–water partition coefficient (Wildman–Crippen LogP) is 2.57. The van der Waals surface area contributed by atoms with Crippen molar-refractivity contribution in [2.45, 2.75) is 25.8 Å². The topological polar surface area (TPSA) is 49.5 Å². The standard InChI is InChI=1S/C14H21ClN2O/c1-10(16)12-4-5-14(13(15)7-12)17-6-2-3-11(8-17)9-18/h4-5,7,10-11,18H,2-3,6,8-9,16H2,1H3. The molecule has 18 heavy (non-hydrogen) atoms. The average molecular weight is 269 g/mol. The van der Waals surface area contributed by atoms with Crippen LogP contribution >= 0.6 is 11.6 Å². The highest BCUT2D eigenvalue weighted by Gasteiger charge is 2.21. The summed E-state index contributed by atoms with van der Waals surface area (Å²) < 4.78 is 0. The molecule has 1 saturated heterocycles. The average Bonchev–Trinajstić information content (AvgIpc) is 2.38. The van der Waals surface area contributed by atoms with Gasteiger partial charge in [0.25, 0.3) is 0 Å². The van der Waals surface area contributed by atoms with E-state index in [9.17, 15) is 5.11 Å². The number of aliphatic hydroxyl groups excluding tert-OH is 1. The van der Waals surface area contributed by atoms with Crippen LogP contribution in [0.1, 0.15) is 31.4 Å². The summed E-state index contributed by atoms with van der Waals surface area (Å²) in [6.45, 7) is 4.10. The summed E-state index contributed by atoms with van der Waals surface area (Å²) >= 11 is 6.34. The van der Waals surface area contributed by atoms with Crippen LogP contribution in [0.15, 0.2) is 18.2 Å². The Balaban J connectivity index is 2.17. The summed E-state index contributed by atoms with van der Waals surface area (Å²) in [5, 5.41) is 10.0. The summed E-state index contributed by atoms with van der Waals surface area (Å²) in [4.78, 5) is 2.26. The third kappa shape index (κ3) is 2.97. The lowest BCUT2D eigenvalue weighted by Gasteiger charge is -2.34. The molecule has 0 amide bonds. The molecule has 1 aromatic rings. The molecule has 2 unspecified atom stereocenters. The van der Waals surface area contributed by atoms with Gasteiger partial charge in [0, 0.05) is 25.7 Å². The molecule has 0 bridgehead atoms. The Morgan fingerprint density at radius 3 is 2.94 bits per heavy atom. The third-order valence-electron chi connectivity index (χ3n) is 3.62. The monoisotopic (exact) mass is 268 g/mol. The van der Waals surface area contributed by atoms with Gasteiger partial charge in [-0.1, -0.05) is 17.7 Å². The van der Waals surface area contributed by atoms with Gasteiger partial charge in [0.05, 0.1) is 10.7 Å². The van der Waals surface area contributed by atoms with Crippen molar-refractivity contribution >= 4 is 17.3 Å². The van der Waals surface area contributed by atoms with Crippen molar-refractivity contribution in [3.63, 3.8) is 0 Å². The molecule has 0 radical (unpaired) electrons. The van der Waals surface area contributed by atoms with Gasteiger partial charge in [0.2, 0.25) is 0 Å². The number of hydrogen-bond donors (Lipinski definition) is 2. The van der Waals surface area contributed by atoms with Crippen molar-refractivity contribution in [1.82, 2.24) is 0 Å². The molecule has 1 aliphatic heterocycles.